The maximum absolute atomic E-state index is 11.1. The molecule has 1 heterocycles. The van der Waals surface area contributed by atoms with E-state index in [1.165, 1.54) is 12.4 Å². The maximum Gasteiger partial charge on any atom is 0.376 e. The number of aromatic nitrogens is 2. The summed E-state index contributed by atoms with van der Waals surface area (Å²) in [5.41, 5.74) is 8.30. The second kappa shape index (κ2) is 5.53. The second-order valence-corrected chi connectivity index (χ2v) is 2.31. The SMILES string of the molecule is [N-]=[N+]=Nc1cnc(C(=O)OCCO)nc1. The van der Waals surface area contributed by atoms with Gasteiger partial charge < -0.3 is 9.84 Å². The monoisotopic (exact) mass is 209 g/mol. The molecular weight excluding hydrogens is 202 g/mol. The van der Waals surface area contributed by atoms with E-state index in [-0.39, 0.29) is 24.7 Å². The highest BCUT2D eigenvalue weighted by molar-refractivity contribution is 5.85. The Morgan fingerprint density at radius 2 is 2.27 bits per heavy atom. The lowest BCUT2D eigenvalue weighted by Crippen LogP contribution is -2.11. The van der Waals surface area contributed by atoms with Crippen molar-refractivity contribution in [1.82, 2.24) is 9.97 Å². The van der Waals surface area contributed by atoms with Gasteiger partial charge in [0.2, 0.25) is 5.82 Å². The van der Waals surface area contributed by atoms with Crippen LogP contribution in [-0.4, -0.2) is 34.3 Å². The molecule has 0 spiro atoms. The minimum atomic E-state index is -0.739. The standard InChI is InChI=1S/C7H7N5O3/c8-12-11-5-3-9-6(10-4-5)7(14)15-2-1-13/h3-4,13H,1-2H2. The van der Waals surface area contributed by atoms with Crippen LogP contribution in [0.3, 0.4) is 0 Å². The summed E-state index contributed by atoms with van der Waals surface area (Å²) in [6.45, 7) is -0.372. The van der Waals surface area contributed by atoms with Crippen LogP contribution in [0.1, 0.15) is 10.6 Å². The van der Waals surface area contributed by atoms with Gasteiger partial charge in [0, 0.05) is 17.3 Å². The molecule has 0 bridgehead atoms. The summed E-state index contributed by atoms with van der Waals surface area (Å²) in [6.07, 6.45) is 2.39. The summed E-state index contributed by atoms with van der Waals surface area (Å²) in [4.78, 5) is 20.9. The van der Waals surface area contributed by atoms with Gasteiger partial charge in [-0.2, -0.15) is 0 Å². The molecule has 0 amide bonds. The average molecular weight is 209 g/mol. The van der Waals surface area contributed by atoms with Crippen molar-refractivity contribution in [2.45, 2.75) is 0 Å². The van der Waals surface area contributed by atoms with E-state index in [4.69, 9.17) is 10.6 Å². The van der Waals surface area contributed by atoms with Gasteiger partial charge in [0.15, 0.2) is 0 Å². The van der Waals surface area contributed by atoms with Crippen LogP contribution >= 0.6 is 0 Å². The molecule has 0 fully saturated rings. The smallest absolute Gasteiger partial charge is 0.376 e. The van der Waals surface area contributed by atoms with Crippen LogP contribution < -0.4 is 0 Å². The number of aliphatic hydroxyl groups excluding tert-OH is 1. The van der Waals surface area contributed by atoms with E-state index in [9.17, 15) is 4.79 Å². The Labute approximate surface area is 84.2 Å². The quantitative estimate of drug-likeness (QED) is 0.336. The predicted octanol–water partition coefficient (Wildman–Crippen LogP) is 0.567. The van der Waals surface area contributed by atoms with Crippen molar-refractivity contribution < 1.29 is 14.6 Å². The number of esters is 1. The molecule has 78 valence electrons. The van der Waals surface area contributed by atoms with E-state index in [1.54, 1.807) is 0 Å². The van der Waals surface area contributed by atoms with Crippen LogP contribution in [0, 0.1) is 0 Å². The van der Waals surface area contributed by atoms with E-state index in [0.29, 0.717) is 0 Å². The number of hydrogen-bond donors (Lipinski definition) is 1. The highest BCUT2D eigenvalue weighted by Gasteiger charge is 2.09. The first-order valence-electron chi connectivity index (χ1n) is 3.93. The van der Waals surface area contributed by atoms with Crippen LogP contribution in [0.5, 0.6) is 0 Å². The normalized spacial score (nSPS) is 9.13. The molecule has 0 aliphatic heterocycles. The number of ether oxygens (including phenoxy) is 1. The lowest BCUT2D eigenvalue weighted by atomic mass is 10.5. The van der Waals surface area contributed by atoms with Gasteiger partial charge in [0.1, 0.15) is 6.61 Å². The summed E-state index contributed by atoms with van der Waals surface area (Å²) < 4.78 is 4.56. The molecule has 15 heavy (non-hydrogen) atoms. The van der Waals surface area contributed by atoms with Crippen molar-refractivity contribution in [1.29, 1.82) is 0 Å². The van der Waals surface area contributed by atoms with E-state index in [1.807, 2.05) is 0 Å². The number of azide groups is 1. The number of carbonyl (C=O) groups excluding carboxylic acids is 1. The Morgan fingerprint density at radius 3 is 2.80 bits per heavy atom. The molecule has 0 aliphatic rings. The lowest BCUT2D eigenvalue weighted by Gasteiger charge is -2.00. The second-order valence-electron chi connectivity index (χ2n) is 2.31. The van der Waals surface area contributed by atoms with Gasteiger partial charge in [0.05, 0.1) is 12.3 Å². The summed E-state index contributed by atoms with van der Waals surface area (Å²) in [6, 6.07) is 0. The van der Waals surface area contributed by atoms with E-state index in [2.05, 4.69) is 24.7 Å². The Kier molecular flexibility index (Phi) is 4.02. The molecule has 8 nitrogen and oxygen atoms in total. The molecule has 0 aliphatic carbocycles. The van der Waals surface area contributed by atoms with Crippen LogP contribution in [0.25, 0.3) is 10.4 Å². The first kappa shape index (κ1) is 10.9. The van der Waals surface area contributed by atoms with Gasteiger partial charge in [-0.05, 0) is 5.53 Å². The highest BCUT2D eigenvalue weighted by Crippen LogP contribution is 2.07. The molecule has 1 aromatic heterocycles. The molecule has 0 saturated carbocycles. The van der Waals surface area contributed by atoms with Gasteiger partial charge in [-0.1, -0.05) is 5.11 Å². The predicted molar refractivity (Wildman–Crippen MR) is 48.2 cm³/mol. The van der Waals surface area contributed by atoms with E-state index in [0.717, 1.165) is 0 Å². The number of hydrogen-bond acceptors (Lipinski definition) is 6. The number of carbonyl (C=O) groups is 1. The van der Waals surface area contributed by atoms with Crippen LogP contribution in [0.2, 0.25) is 0 Å². The van der Waals surface area contributed by atoms with Crippen molar-refractivity contribution in [3.05, 3.63) is 28.7 Å². The first-order chi connectivity index (χ1) is 7.27. The Balaban J connectivity index is 2.70. The summed E-state index contributed by atoms with van der Waals surface area (Å²) in [5.74, 6) is -0.892. The molecule has 0 radical (unpaired) electrons. The average Bonchev–Trinajstić information content (AvgIpc) is 2.27. The van der Waals surface area contributed by atoms with Crippen LogP contribution in [-0.2, 0) is 4.74 Å². The largest absolute Gasteiger partial charge is 0.457 e. The molecule has 8 heteroatoms. The summed E-state index contributed by atoms with van der Waals surface area (Å²) in [5, 5.41) is 11.6. The van der Waals surface area contributed by atoms with Crippen molar-refractivity contribution in [2.75, 3.05) is 13.2 Å². The molecule has 1 N–H and O–H groups in total. The molecule has 1 aromatic rings. The Hall–Kier alpha value is -2.18. The lowest BCUT2D eigenvalue weighted by molar-refractivity contribution is 0.0420. The molecular formula is C7H7N5O3. The molecule has 0 atom stereocenters. The number of rotatable bonds is 4. The summed E-state index contributed by atoms with van der Waals surface area (Å²) in [7, 11) is 0. The van der Waals surface area contributed by atoms with Crippen molar-refractivity contribution >= 4 is 11.7 Å². The summed E-state index contributed by atoms with van der Waals surface area (Å²) >= 11 is 0. The zero-order chi connectivity index (χ0) is 11.1. The van der Waals surface area contributed by atoms with Crippen LogP contribution in [0.15, 0.2) is 17.5 Å². The molecule has 1 rings (SSSR count). The van der Waals surface area contributed by atoms with E-state index < -0.39 is 5.97 Å². The molecule has 0 saturated heterocycles. The third-order valence-electron chi connectivity index (χ3n) is 1.31. The van der Waals surface area contributed by atoms with Crippen molar-refractivity contribution in [3.63, 3.8) is 0 Å². The van der Waals surface area contributed by atoms with E-state index >= 15 is 0 Å². The zero-order valence-electron chi connectivity index (χ0n) is 7.57. The number of aliphatic hydroxyl groups is 1. The first-order valence-corrected chi connectivity index (χ1v) is 3.93. The Morgan fingerprint density at radius 1 is 1.60 bits per heavy atom. The van der Waals surface area contributed by atoms with Gasteiger partial charge in [-0.3, -0.25) is 0 Å². The minimum Gasteiger partial charge on any atom is -0.457 e. The third kappa shape index (κ3) is 3.22. The van der Waals surface area contributed by atoms with Gasteiger partial charge in [-0.15, -0.1) is 0 Å². The van der Waals surface area contributed by atoms with Crippen LogP contribution in [0.4, 0.5) is 5.69 Å². The topological polar surface area (TPSA) is 121 Å². The fraction of sp³-hybridized carbons (Fsp3) is 0.286. The zero-order valence-corrected chi connectivity index (χ0v) is 7.57. The maximum atomic E-state index is 11.1. The van der Waals surface area contributed by atoms with Gasteiger partial charge in [0.25, 0.3) is 0 Å². The highest BCUT2D eigenvalue weighted by atomic mass is 16.5. The minimum absolute atomic E-state index is 0.111. The molecule has 0 unspecified atom stereocenters. The fourth-order valence-corrected chi connectivity index (χ4v) is 0.733. The third-order valence-corrected chi connectivity index (χ3v) is 1.31. The van der Waals surface area contributed by atoms with Gasteiger partial charge in [-0.25, -0.2) is 14.8 Å². The van der Waals surface area contributed by atoms with Gasteiger partial charge >= 0.3 is 5.97 Å². The molecule has 0 aromatic carbocycles. The fourth-order valence-electron chi connectivity index (χ4n) is 0.733. The van der Waals surface area contributed by atoms with Crippen molar-refractivity contribution in [2.24, 2.45) is 5.11 Å². The van der Waals surface area contributed by atoms with Crippen molar-refractivity contribution in [3.8, 4) is 0 Å². The Bertz CT molecular complexity index is 384. The number of nitrogens with zero attached hydrogens (tertiary/aromatic N) is 5.